The predicted molar refractivity (Wildman–Crippen MR) is 82.5 cm³/mol. The van der Waals surface area contributed by atoms with E-state index >= 15 is 0 Å². The first-order valence-electron chi connectivity index (χ1n) is 7.69. The average molecular weight is 305 g/mol. The lowest BCUT2D eigenvalue weighted by atomic mass is 9.77. The van der Waals surface area contributed by atoms with Crippen LogP contribution in [-0.2, 0) is 11.3 Å². The van der Waals surface area contributed by atoms with E-state index in [0.29, 0.717) is 38.0 Å². The van der Waals surface area contributed by atoms with Crippen LogP contribution in [0.1, 0.15) is 43.1 Å². The van der Waals surface area contributed by atoms with Gasteiger partial charge in [0.15, 0.2) is 0 Å². The molecular weight excluding hydrogens is 282 g/mol. The van der Waals surface area contributed by atoms with E-state index in [-0.39, 0.29) is 12.5 Å². The van der Waals surface area contributed by atoms with E-state index in [0.717, 1.165) is 6.42 Å². The van der Waals surface area contributed by atoms with Crippen molar-refractivity contribution in [2.75, 3.05) is 13.1 Å². The standard InChI is InChI=1S/C16H23N3O3/c1-3-7-16(15(21)22)8-5-11-18(12-16)14(20)13-6-9-17-19(13)10-4-2/h3,6,9H,1,4-5,7-8,10-12H2,2H3,(H,21,22)/t16-/m1/s1. The fraction of sp³-hybridized carbons (Fsp3) is 0.562. The number of rotatable bonds is 6. The molecule has 1 aromatic heterocycles. The van der Waals surface area contributed by atoms with Crippen LogP contribution in [0.4, 0.5) is 0 Å². The van der Waals surface area contributed by atoms with Crippen LogP contribution >= 0.6 is 0 Å². The van der Waals surface area contributed by atoms with Crippen molar-refractivity contribution in [3.05, 3.63) is 30.6 Å². The molecule has 1 saturated heterocycles. The molecule has 0 radical (unpaired) electrons. The van der Waals surface area contributed by atoms with Crippen molar-refractivity contribution in [3.63, 3.8) is 0 Å². The van der Waals surface area contributed by atoms with E-state index in [1.165, 1.54) is 0 Å². The predicted octanol–water partition coefficient (Wildman–Crippen LogP) is 2.18. The third-order valence-electron chi connectivity index (χ3n) is 4.22. The molecule has 1 atom stereocenters. The van der Waals surface area contributed by atoms with Gasteiger partial charge in [0, 0.05) is 25.8 Å². The van der Waals surface area contributed by atoms with E-state index in [4.69, 9.17) is 0 Å². The highest BCUT2D eigenvalue weighted by atomic mass is 16.4. The van der Waals surface area contributed by atoms with Crippen molar-refractivity contribution in [2.24, 2.45) is 5.41 Å². The minimum absolute atomic E-state index is 0.139. The zero-order valence-corrected chi connectivity index (χ0v) is 13.0. The molecule has 1 N–H and O–H groups in total. The lowest BCUT2D eigenvalue weighted by Gasteiger charge is -2.39. The number of aliphatic carboxylic acids is 1. The second-order valence-electron chi connectivity index (χ2n) is 5.85. The topological polar surface area (TPSA) is 75.4 Å². The number of hydrogen-bond donors (Lipinski definition) is 1. The molecule has 2 rings (SSSR count). The van der Waals surface area contributed by atoms with Crippen molar-refractivity contribution in [2.45, 2.75) is 39.2 Å². The molecule has 1 aliphatic rings. The highest BCUT2D eigenvalue weighted by Gasteiger charge is 2.43. The maximum Gasteiger partial charge on any atom is 0.311 e. The Hall–Kier alpha value is -2.11. The van der Waals surface area contributed by atoms with Crippen molar-refractivity contribution in [3.8, 4) is 0 Å². The van der Waals surface area contributed by atoms with Crippen molar-refractivity contribution in [1.82, 2.24) is 14.7 Å². The Bertz CT molecular complexity index is 567. The Labute approximate surface area is 130 Å². The van der Waals surface area contributed by atoms with Crippen LogP contribution in [0.15, 0.2) is 24.9 Å². The lowest BCUT2D eigenvalue weighted by molar-refractivity contribution is -0.151. The van der Waals surface area contributed by atoms with Gasteiger partial charge in [-0.1, -0.05) is 13.0 Å². The number of carboxylic acid groups (broad SMARTS) is 1. The Morgan fingerprint density at radius 3 is 2.95 bits per heavy atom. The molecule has 2 heterocycles. The number of likely N-dealkylation sites (tertiary alicyclic amines) is 1. The van der Waals surface area contributed by atoms with Crippen molar-refractivity contribution >= 4 is 11.9 Å². The van der Waals surface area contributed by atoms with Gasteiger partial charge in [-0.3, -0.25) is 14.3 Å². The number of nitrogens with zero attached hydrogens (tertiary/aromatic N) is 3. The summed E-state index contributed by atoms with van der Waals surface area (Å²) < 4.78 is 1.69. The van der Waals surface area contributed by atoms with Gasteiger partial charge in [-0.2, -0.15) is 5.10 Å². The molecular formula is C16H23N3O3. The fourth-order valence-electron chi connectivity index (χ4n) is 3.08. The van der Waals surface area contributed by atoms with Crippen LogP contribution in [0.5, 0.6) is 0 Å². The molecule has 1 amide bonds. The summed E-state index contributed by atoms with van der Waals surface area (Å²) in [6.45, 7) is 7.18. The van der Waals surface area contributed by atoms with Gasteiger partial charge in [0.1, 0.15) is 5.69 Å². The van der Waals surface area contributed by atoms with E-state index in [1.807, 2.05) is 6.92 Å². The number of carbonyl (C=O) groups is 2. The molecule has 22 heavy (non-hydrogen) atoms. The summed E-state index contributed by atoms with van der Waals surface area (Å²) in [4.78, 5) is 26.0. The Balaban J connectivity index is 2.21. The van der Waals surface area contributed by atoms with Crippen LogP contribution in [0.25, 0.3) is 0 Å². The third-order valence-corrected chi connectivity index (χ3v) is 4.22. The molecule has 6 nitrogen and oxygen atoms in total. The first kappa shape index (κ1) is 16.3. The summed E-state index contributed by atoms with van der Waals surface area (Å²) in [5.74, 6) is -0.993. The number of piperidine rings is 1. The molecule has 0 spiro atoms. The van der Waals surface area contributed by atoms with Crippen LogP contribution in [0.2, 0.25) is 0 Å². The van der Waals surface area contributed by atoms with Gasteiger partial charge < -0.3 is 10.0 Å². The largest absolute Gasteiger partial charge is 0.481 e. The smallest absolute Gasteiger partial charge is 0.311 e. The van der Waals surface area contributed by atoms with E-state index in [2.05, 4.69) is 11.7 Å². The summed E-state index contributed by atoms with van der Waals surface area (Å²) in [5, 5.41) is 13.8. The summed E-state index contributed by atoms with van der Waals surface area (Å²) >= 11 is 0. The molecule has 0 aromatic carbocycles. The molecule has 1 aromatic rings. The SMILES string of the molecule is C=CC[C@@]1(C(=O)O)CCCN(C(=O)c2ccnn2CCC)C1. The van der Waals surface area contributed by atoms with Gasteiger partial charge in [-0.05, 0) is 31.7 Å². The van der Waals surface area contributed by atoms with Gasteiger partial charge in [0.25, 0.3) is 5.91 Å². The number of amides is 1. The highest BCUT2D eigenvalue weighted by Crippen LogP contribution is 2.34. The van der Waals surface area contributed by atoms with Crippen LogP contribution in [-0.4, -0.2) is 44.8 Å². The van der Waals surface area contributed by atoms with E-state index < -0.39 is 11.4 Å². The number of aryl methyl sites for hydroxylation is 1. The zero-order valence-electron chi connectivity index (χ0n) is 13.0. The van der Waals surface area contributed by atoms with Gasteiger partial charge >= 0.3 is 5.97 Å². The molecule has 6 heteroatoms. The van der Waals surface area contributed by atoms with E-state index in [1.54, 1.807) is 27.9 Å². The maximum atomic E-state index is 12.7. The summed E-state index contributed by atoms with van der Waals surface area (Å²) in [5.41, 5.74) is -0.382. The first-order valence-corrected chi connectivity index (χ1v) is 7.69. The highest BCUT2D eigenvalue weighted by molar-refractivity contribution is 5.93. The van der Waals surface area contributed by atoms with Crippen molar-refractivity contribution < 1.29 is 14.7 Å². The summed E-state index contributed by atoms with van der Waals surface area (Å²) in [6.07, 6.45) is 5.77. The summed E-state index contributed by atoms with van der Waals surface area (Å²) in [7, 11) is 0. The first-order chi connectivity index (χ1) is 10.5. The number of carbonyl (C=O) groups excluding carboxylic acids is 1. The Kier molecular flexibility index (Phi) is 5.00. The second-order valence-corrected chi connectivity index (χ2v) is 5.85. The minimum Gasteiger partial charge on any atom is -0.481 e. The Morgan fingerprint density at radius 2 is 2.32 bits per heavy atom. The molecule has 120 valence electrons. The quantitative estimate of drug-likeness (QED) is 0.817. The zero-order chi connectivity index (χ0) is 16.2. The number of aromatic nitrogens is 2. The molecule has 0 bridgehead atoms. The minimum atomic E-state index is -0.911. The number of hydrogen-bond acceptors (Lipinski definition) is 3. The van der Waals surface area contributed by atoms with E-state index in [9.17, 15) is 14.7 Å². The lowest BCUT2D eigenvalue weighted by Crippen LogP contribution is -2.50. The van der Waals surface area contributed by atoms with Crippen LogP contribution < -0.4 is 0 Å². The van der Waals surface area contributed by atoms with Gasteiger partial charge in [-0.15, -0.1) is 6.58 Å². The normalized spacial score (nSPS) is 21.6. The summed E-state index contributed by atoms with van der Waals surface area (Å²) in [6, 6.07) is 1.70. The number of allylic oxidation sites excluding steroid dienone is 1. The molecule has 0 unspecified atom stereocenters. The molecule has 0 aliphatic carbocycles. The van der Waals surface area contributed by atoms with Gasteiger partial charge in [0.2, 0.25) is 0 Å². The van der Waals surface area contributed by atoms with Crippen LogP contribution in [0, 0.1) is 5.41 Å². The van der Waals surface area contributed by atoms with Crippen molar-refractivity contribution in [1.29, 1.82) is 0 Å². The average Bonchev–Trinajstić information content (AvgIpc) is 2.95. The van der Waals surface area contributed by atoms with Gasteiger partial charge in [0.05, 0.1) is 5.41 Å². The molecule has 0 saturated carbocycles. The maximum absolute atomic E-state index is 12.7. The fourth-order valence-corrected chi connectivity index (χ4v) is 3.08. The number of carboxylic acids is 1. The Morgan fingerprint density at radius 1 is 1.55 bits per heavy atom. The van der Waals surface area contributed by atoms with Crippen LogP contribution in [0.3, 0.4) is 0 Å². The third kappa shape index (κ3) is 3.05. The monoisotopic (exact) mass is 305 g/mol. The van der Waals surface area contributed by atoms with Gasteiger partial charge in [-0.25, -0.2) is 0 Å². The second kappa shape index (κ2) is 6.77. The molecule has 1 aliphatic heterocycles. The molecule has 1 fully saturated rings.